The van der Waals surface area contributed by atoms with Gasteiger partial charge >= 0.3 is 5.97 Å². The Bertz CT molecular complexity index is 1100. The molecule has 1 amide bonds. The van der Waals surface area contributed by atoms with Crippen molar-refractivity contribution >= 4 is 11.9 Å². The first-order valence-corrected chi connectivity index (χ1v) is 14.2. The maximum Gasteiger partial charge on any atom is 0.313 e. The number of ether oxygens (including phenoxy) is 9. The average Bonchev–Trinajstić information content (AvgIpc) is 3.62. The topological polar surface area (TPSA) is 155 Å². The summed E-state index contributed by atoms with van der Waals surface area (Å²) in [5.74, 6) is -4.47. The van der Waals surface area contributed by atoms with Crippen molar-refractivity contribution in [3.63, 3.8) is 0 Å². The molecular formula is C29H42N2O11. The molecule has 13 heteroatoms. The lowest BCUT2D eigenvalue weighted by atomic mass is 9.93. The van der Waals surface area contributed by atoms with Gasteiger partial charge in [0.05, 0.1) is 5.92 Å². The first kappa shape index (κ1) is 31.2. The number of hydrogen-bond acceptors (Lipinski definition) is 12. The first-order chi connectivity index (χ1) is 20.0. The summed E-state index contributed by atoms with van der Waals surface area (Å²) < 4.78 is 53.0. The summed E-state index contributed by atoms with van der Waals surface area (Å²) in [5.41, 5.74) is 6.88. The Labute approximate surface area is 245 Å². The van der Waals surface area contributed by atoms with Crippen LogP contribution in [0.3, 0.4) is 0 Å². The molecule has 0 unspecified atom stereocenters. The fourth-order valence-corrected chi connectivity index (χ4v) is 6.09. The van der Waals surface area contributed by atoms with E-state index in [9.17, 15) is 9.59 Å². The van der Waals surface area contributed by atoms with Crippen molar-refractivity contribution in [3.8, 4) is 0 Å². The summed E-state index contributed by atoms with van der Waals surface area (Å²) in [4.78, 5) is 27.1. The average molecular weight is 595 g/mol. The number of fused-ring (bicyclic) bond motifs is 2. The van der Waals surface area contributed by atoms with Gasteiger partial charge in [-0.15, -0.1) is 0 Å². The van der Waals surface area contributed by atoms with E-state index in [4.69, 9.17) is 48.4 Å². The van der Waals surface area contributed by atoms with Crippen LogP contribution in [0.25, 0.3) is 0 Å². The number of carbonyl (C=O) groups is 2. The molecule has 4 fully saturated rings. The molecule has 0 bridgehead atoms. The summed E-state index contributed by atoms with van der Waals surface area (Å²) in [7, 11) is 3.03. The van der Waals surface area contributed by atoms with Crippen LogP contribution < -0.4 is 11.1 Å². The minimum absolute atomic E-state index is 0.0378. The third-order valence-electron chi connectivity index (χ3n) is 8.01. The van der Waals surface area contributed by atoms with Crippen molar-refractivity contribution in [1.29, 1.82) is 0 Å². The van der Waals surface area contributed by atoms with E-state index in [-0.39, 0.29) is 19.7 Å². The van der Waals surface area contributed by atoms with Crippen LogP contribution in [0.4, 0.5) is 0 Å². The predicted octanol–water partition coefficient (Wildman–Crippen LogP) is 0.820. The number of methoxy groups -OCH3 is 2. The molecule has 5 rings (SSSR count). The Balaban J connectivity index is 1.29. The fraction of sp³-hybridized carbons (Fsp3) is 0.724. The molecule has 234 valence electrons. The molecular weight excluding hydrogens is 552 g/mol. The first-order valence-electron chi connectivity index (χ1n) is 14.2. The maximum atomic E-state index is 13.5. The molecule has 4 aliphatic heterocycles. The molecule has 4 saturated heterocycles. The molecule has 10 atom stereocenters. The van der Waals surface area contributed by atoms with Crippen LogP contribution in [0.2, 0.25) is 0 Å². The molecule has 0 aliphatic carbocycles. The lowest BCUT2D eigenvalue weighted by Crippen LogP contribution is -2.51. The number of amides is 1. The van der Waals surface area contributed by atoms with E-state index in [1.807, 2.05) is 30.3 Å². The third kappa shape index (κ3) is 6.35. The van der Waals surface area contributed by atoms with Crippen LogP contribution in [-0.4, -0.2) is 100.0 Å². The van der Waals surface area contributed by atoms with Crippen LogP contribution in [0.15, 0.2) is 30.3 Å². The summed E-state index contributed by atoms with van der Waals surface area (Å²) >= 11 is 0. The molecule has 3 N–H and O–H groups in total. The van der Waals surface area contributed by atoms with Gasteiger partial charge in [0.15, 0.2) is 24.2 Å². The van der Waals surface area contributed by atoms with E-state index in [0.29, 0.717) is 0 Å². The Hall–Kier alpha value is -2.20. The van der Waals surface area contributed by atoms with E-state index >= 15 is 0 Å². The van der Waals surface area contributed by atoms with E-state index in [2.05, 4.69) is 5.32 Å². The van der Waals surface area contributed by atoms with Crippen LogP contribution >= 0.6 is 0 Å². The Morgan fingerprint density at radius 3 is 1.88 bits per heavy atom. The smallest absolute Gasteiger partial charge is 0.313 e. The quantitative estimate of drug-likeness (QED) is 0.349. The normalized spacial score (nSPS) is 35.8. The number of hydrogen-bond donors (Lipinski definition) is 2. The second-order valence-corrected chi connectivity index (χ2v) is 11.8. The molecule has 4 heterocycles. The molecule has 13 nitrogen and oxygen atoms in total. The van der Waals surface area contributed by atoms with Crippen LogP contribution in [0, 0.1) is 11.8 Å². The van der Waals surface area contributed by atoms with Crippen molar-refractivity contribution in [2.45, 2.75) is 95.1 Å². The highest BCUT2D eigenvalue weighted by molar-refractivity contribution is 5.81. The number of esters is 1. The molecule has 42 heavy (non-hydrogen) atoms. The number of carbonyl (C=O) groups excluding carboxylic acids is 2. The highest BCUT2D eigenvalue weighted by Gasteiger charge is 2.59. The lowest BCUT2D eigenvalue weighted by Gasteiger charge is -2.31. The standard InChI is InChI=1S/C29H42N2O11/c1-28(2)39-22-20(34-5)18(37-26(22)41-28)16(12-30)24(32)31-13-17(25(33)36-14-15-10-8-7-9-11-15)19-21(35-6)23-27(38-19)42-29(3,4)40-23/h7-11,16-23,26-27H,12-14,30H2,1-6H3,(H,31,32)/t16-,17+,18-,19-,20+,21+,22-,23-,26-,27-/m1/s1. The number of nitrogens with two attached hydrogens (primary N) is 1. The molecule has 0 spiro atoms. The minimum atomic E-state index is -0.948. The van der Waals surface area contributed by atoms with Gasteiger partial charge in [-0.05, 0) is 33.3 Å². The van der Waals surface area contributed by atoms with Gasteiger partial charge < -0.3 is 53.7 Å². The van der Waals surface area contributed by atoms with Gasteiger partial charge in [-0.25, -0.2) is 0 Å². The minimum Gasteiger partial charge on any atom is -0.460 e. The predicted molar refractivity (Wildman–Crippen MR) is 144 cm³/mol. The molecule has 1 aromatic rings. The second-order valence-electron chi connectivity index (χ2n) is 11.8. The summed E-state index contributed by atoms with van der Waals surface area (Å²) in [6.07, 6.45) is -5.32. The SMILES string of the molecule is CO[C@@H]1[C@H]2OC(C)(C)O[C@H]2O[C@@H]1[C@H](CNC(=O)[C@H](CN)[C@H]1O[C@@H]2OC(C)(C)O[C@@H]2[C@H]1OC)C(=O)OCc1ccccc1. The largest absolute Gasteiger partial charge is 0.460 e. The third-order valence-corrected chi connectivity index (χ3v) is 8.01. The van der Waals surface area contributed by atoms with Gasteiger partial charge in [0.1, 0.15) is 49.1 Å². The Morgan fingerprint density at radius 1 is 0.857 bits per heavy atom. The van der Waals surface area contributed by atoms with Crippen LogP contribution in [-0.2, 0) is 58.8 Å². The summed E-state index contributed by atoms with van der Waals surface area (Å²) in [6, 6.07) is 9.30. The summed E-state index contributed by atoms with van der Waals surface area (Å²) in [5, 5.41) is 2.87. The summed E-state index contributed by atoms with van der Waals surface area (Å²) in [6.45, 7) is 7.01. The van der Waals surface area contributed by atoms with E-state index in [0.717, 1.165) is 5.56 Å². The van der Waals surface area contributed by atoms with Gasteiger partial charge in [-0.2, -0.15) is 0 Å². The number of benzene rings is 1. The lowest BCUT2D eigenvalue weighted by molar-refractivity contribution is -0.224. The number of rotatable bonds is 11. The van der Waals surface area contributed by atoms with Crippen molar-refractivity contribution in [2.75, 3.05) is 27.3 Å². The van der Waals surface area contributed by atoms with Gasteiger partial charge in [0.2, 0.25) is 5.91 Å². The fourth-order valence-electron chi connectivity index (χ4n) is 6.09. The van der Waals surface area contributed by atoms with Gasteiger partial charge in [-0.1, -0.05) is 30.3 Å². The zero-order valence-electron chi connectivity index (χ0n) is 24.8. The van der Waals surface area contributed by atoms with E-state index < -0.39 is 84.5 Å². The second kappa shape index (κ2) is 12.4. The number of nitrogens with one attached hydrogen (secondary N) is 1. The molecule has 0 radical (unpaired) electrons. The Morgan fingerprint density at radius 2 is 1.38 bits per heavy atom. The maximum absolute atomic E-state index is 13.5. The molecule has 4 aliphatic rings. The van der Waals surface area contributed by atoms with Gasteiger partial charge in [0, 0.05) is 27.3 Å². The zero-order chi connectivity index (χ0) is 30.2. The van der Waals surface area contributed by atoms with Crippen molar-refractivity contribution < 1.29 is 52.2 Å². The van der Waals surface area contributed by atoms with Crippen molar-refractivity contribution in [2.24, 2.45) is 17.6 Å². The van der Waals surface area contributed by atoms with Crippen molar-refractivity contribution in [1.82, 2.24) is 5.32 Å². The van der Waals surface area contributed by atoms with Gasteiger partial charge in [-0.3, -0.25) is 9.59 Å². The van der Waals surface area contributed by atoms with Gasteiger partial charge in [0.25, 0.3) is 0 Å². The molecule has 1 aromatic carbocycles. The highest BCUT2D eigenvalue weighted by atomic mass is 16.9. The van der Waals surface area contributed by atoms with Crippen LogP contribution in [0.5, 0.6) is 0 Å². The molecule has 0 saturated carbocycles. The zero-order valence-corrected chi connectivity index (χ0v) is 24.8. The van der Waals surface area contributed by atoms with Crippen molar-refractivity contribution in [3.05, 3.63) is 35.9 Å². The van der Waals surface area contributed by atoms with E-state index in [1.165, 1.54) is 14.2 Å². The molecule has 0 aromatic heterocycles. The van der Waals surface area contributed by atoms with E-state index in [1.54, 1.807) is 27.7 Å². The Kier molecular flexibility index (Phi) is 9.24. The highest BCUT2D eigenvalue weighted by Crippen LogP contribution is 2.42. The monoisotopic (exact) mass is 594 g/mol. The van der Waals surface area contributed by atoms with Crippen LogP contribution in [0.1, 0.15) is 33.3 Å².